The Morgan fingerprint density at radius 3 is 2.48 bits per heavy atom. The average Bonchev–Trinajstić information content (AvgIpc) is 3.00. The van der Waals surface area contributed by atoms with E-state index in [9.17, 15) is 30.4 Å². The minimum atomic E-state index is -4.72. The molecule has 1 aliphatic rings. The summed E-state index contributed by atoms with van der Waals surface area (Å²) in [4.78, 5) is 0.925. The first-order valence-corrected chi connectivity index (χ1v) is 9.98. The van der Waals surface area contributed by atoms with E-state index < -0.39 is 50.1 Å². The summed E-state index contributed by atoms with van der Waals surface area (Å²) in [5.74, 6) is -2.72. The van der Waals surface area contributed by atoms with Gasteiger partial charge in [-0.25, -0.2) is 17.2 Å². The van der Waals surface area contributed by atoms with Gasteiger partial charge in [-0.2, -0.15) is 13.2 Å². The Bertz CT molecular complexity index is 1010. The largest absolute Gasteiger partial charge is 0.488 e. The molecule has 11 heteroatoms. The molecule has 29 heavy (non-hydrogen) atoms. The highest BCUT2D eigenvalue weighted by Crippen LogP contribution is 2.39. The van der Waals surface area contributed by atoms with Crippen molar-refractivity contribution in [3.8, 4) is 5.75 Å². The van der Waals surface area contributed by atoms with Crippen LogP contribution in [0.2, 0.25) is 0 Å². The Morgan fingerprint density at radius 2 is 1.86 bits per heavy atom. The second kappa shape index (κ2) is 7.79. The van der Waals surface area contributed by atoms with Crippen molar-refractivity contribution < 1.29 is 35.1 Å². The van der Waals surface area contributed by atoms with Gasteiger partial charge in [0.25, 0.3) is 10.0 Å². The van der Waals surface area contributed by atoms with E-state index in [-0.39, 0.29) is 5.69 Å². The second-order valence-corrected chi connectivity index (χ2v) is 8.33. The first kappa shape index (κ1) is 21.3. The van der Waals surface area contributed by atoms with Gasteiger partial charge < -0.3 is 9.64 Å². The summed E-state index contributed by atoms with van der Waals surface area (Å²) in [5, 5.41) is 0. The van der Waals surface area contributed by atoms with Gasteiger partial charge in [0, 0.05) is 19.2 Å². The quantitative estimate of drug-likeness (QED) is 0.724. The first-order chi connectivity index (χ1) is 13.5. The topological polar surface area (TPSA) is 58.6 Å². The number of sulfonamides is 1. The van der Waals surface area contributed by atoms with Crippen LogP contribution in [0.5, 0.6) is 5.75 Å². The first-order valence-electron chi connectivity index (χ1n) is 8.50. The lowest BCUT2D eigenvalue weighted by atomic mass is 10.1. The molecule has 5 nitrogen and oxygen atoms in total. The third kappa shape index (κ3) is 4.96. The van der Waals surface area contributed by atoms with Crippen LogP contribution in [-0.4, -0.2) is 39.6 Å². The molecule has 1 aliphatic heterocycles. The minimum absolute atomic E-state index is 0.275. The molecule has 1 atom stereocenters. The third-order valence-electron chi connectivity index (χ3n) is 4.36. The number of likely N-dealkylation sites (N-methyl/N-ethyl adjacent to an activating group) is 1. The monoisotopic (exact) mass is 436 g/mol. The van der Waals surface area contributed by atoms with Crippen molar-refractivity contribution in [2.75, 3.05) is 24.9 Å². The number of ether oxygens (including phenoxy) is 1. The molecule has 0 amide bonds. The van der Waals surface area contributed by atoms with Gasteiger partial charge in [-0.3, -0.25) is 4.72 Å². The average molecular weight is 436 g/mol. The molecule has 0 saturated carbocycles. The van der Waals surface area contributed by atoms with Crippen LogP contribution < -0.4 is 9.46 Å². The molecule has 0 aromatic heterocycles. The van der Waals surface area contributed by atoms with Gasteiger partial charge >= 0.3 is 6.18 Å². The predicted octanol–water partition coefficient (Wildman–Crippen LogP) is 3.87. The molecule has 2 aromatic rings. The van der Waals surface area contributed by atoms with E-state index in [1.807, 2.05) is 9.62 Å². The van der Waals surface area contributed by atoms with E-state index in [2.05, 4.69) is 0 Å². The van der Waals surface area contributed by atoms with E-state index in [0.29, 0.717) is 37.7 Å². The van der Waals surface area contributed by atoms with Gasteiger partial charge in [0.2, 0.25) is 0 Å². The molecule has 0 spiro atoms. The van der Waals surface area contributed by atoms with E-state index in [1.165, 1.54) is 0 Å². The number of nitrogens with one attached hydrogen (secondary N) is 1. The zero-order chi connectivity index (χ0) is 21.4. The zero-order valence-corrected chi connectivity index (χ0v) is 15.9. The molecule has 3 rings (SSSR count). The third-order valence-corrected chi connectivity index (χ3v) is 5.76. The number of hydrogen-bond acceptors (Lipinski definition) is 4. The van der Waals surface area contributed by atoms with Crippen molar-refractivity contribution in [3.63, 3.8) is 0 Å². The van der Waals surface area contributed by atoms with Crippen LogP contribution in [0.25, 0.3) is 0 Å². The fourth-order valence-corrected chi connectivity index (χ4v) is 4.12. The maximum absolute atomic E-state index is 13.8. The number of rotatable bonds is 5. The summed E-state index contributed by atoms with van der Waals surface area (Å²) in [6.45, 7) is 1.07. The summed E-state index contributed by atoms with van der Waals surface area (Å²) in [6.07, 6.45) is -4.70. The molecule has 0 aliphatic carbocycles. The molecule has 1 fully saturated rings. The number of likely N-dealkylation sites (tertiary alicyclic amines) is 1. The molecule has 2 aromatic carbocycles. The molecule has 158 valence electrons. The number of benzene rings is 2. The Labute approximate surface area is 164 Å². The fourth-order valence-electron chi connectivity index (χ4n) is 2.98. The van der Waals surface area contributed by atoms with Crippen molar-refractivity contribution in [1.82, 2.24) is 4.90 Å². The number of hydrogen-bond donors (Lipinski definition) is 1. The number of anilines is 1. The van der Waals surface area contributed by atoms with Crippen molar-refractivity contribution >= 4 is 15.7 Å². The molecule has 0 radical (unpaired) electrons. The molecular weight excluding hydrogens is 419 g/mol. The Hall–Kier alpha value is -2.40. The lowest BCUT2D eigenvalue weighted by Crippen LogP contribution is -2.23. The van der Waals surface area contributed by atoms with Crippen molar-refractivity contribution in [2.45, 2.75) is 23.6 Å². The van der Waals surface area contributed by atoms with Gasteiger partial charge in [-0.15, -0.1) is 0 Å². The summed E-state index contributed by atoms with van der Waals surface area (Å²) in [7, 11) is -2.78. The smallest absolute Gasteiger partial charge is 0.419 e. The standard InChI is InChI=1S/C18H17F5N2O3S/c1-25-7-6-13(10-25)28-16-9-12(3-4-14(16)18(21,22)23)24-29(26,27)17-8-11(19)2-5-15(17)20/h2-5,8-9,13,24H,6-7,10H2,1H3/t13-/m1/s1. The van der Waals surface area contributed by atoms with Gasteiger partial charge in [0.05, 0.1) is 11.3 Å². The Morgan fingerprint density at radius 1 is 1.14 bits per heavy atom. The highest BCUT2D eigenvalue weighted by atomic mass is 32.2. The molecule has 1 saturated heterocycles. The van der Waals surface area contributed by atoms with Crippen LogP contribution in [0.15, 0.2) is 41.3 Å². The normalized spacial score (nSPS) is 18.1. The van der Waals surface area contributed by atoms with E-state index >= 15 is 0 Å². The van der Waals surface area contributed by atoms with Crippen LogP contribution in [0, 0.1) is 11.6 Å². The highest BCUT2D eigenvalue weighted by molar-refractivity contribution is 7.92. The minimum Gasteiger partial charge on any atom is -0.488 e. The lowest BCUT2D eigenvalue weighted by molar-refractivity contribution is -0.139. The zero-order valence-electron chi connectivity index (χ0n) is 15.1. The Kier molecular flexibility index (Phi) is 5.72. The van der Waals surface area contributed by atoms with E-state index in [4.69, 9.17) is 4.74 Å². The fraction of sp³-hybridized carbons (Fsp3) is 0.333. The van der Waals surface area contributed by atoms with Crippen LogP contribution >= 0.6 is 0 Å². The molecule has 0 unspecified atom stereocenters. The predicted molar refractivity (Wildman–Crippen MR) is 95.1 cm³/mol. The maximum atomic E-state index is 13.8. The number of nitrogens with zero attached hydrogens (tertiary/aromatic N) is 1. The number of alkyl halides is 3. The lowest BCUT2D eigenvalue weighted by Gasteiger charge is -2.19. The summed E-state index contributed by atoms with van der Waals surface area (Å²) >= 11 is 0. The van der Waals surface area contributed by atoms with Crippen molar-refractivity contribution in [2.24, 2.45) is 0 Å². The highest BCUT2D eigenvalue weighted by Gasteiger charge is 2.36. The summed E-state index contributed by atoms with van der Waals surface area (Å²) < 4.78 is 99.2. The second-order valence-electron chi connectivity index (χ2n) is 6.68. The van der Waals surface area contributed by atoms with E-state index in [1.54, 1.807) is 7.05 Å². The van der Waals surface area contributed by atoms with Crippen molar-refractivity contribution in [3.05, 3.63) is 53.6 Å². The molecular formula is C18H17F5N2O3S. The van der Waals surface area contributed by atoms with Crippen LogP contribution in [0.3, 0.4) is 0 Å². The van der Waals surface area contributed by atoms with Crippen LogP contribution in [0.4, 0.5) is 27.6 Å². The Balaban J connectivity index is 1.93. The van der Waals surface area contributed by atoms with Crippen molar-refractivity contribution in [1.29, 1.82) is 0 Å². The SMILES string of the molecule is CN1CC[C@@H](Oc2cc(NS(=O)(=O)c3cc(F)ccc3F)ccc2C(F)(F)F)C1. The molecule has 0 bridgehead atoms. The van der Waals surface area contributed by atoms with Gasteiger partial charge in [0.15, 0.2) is 0 Å². The van der Waals surface area contributed by atoms with Crippen LogP contribution in [-0.2, 0) is 16.2 Å². The molecule has 1 heterocycles. The van der Waals surface area contributed by atoms with Gasteiger partial charge in [-0.1, -0.05) is 0 Å². The summed E-state index contributed by atoms with van der Waals surface area (Å²) in [6, 6.07) is 4.31. The molecule has 1 N–H and O–H groups in total. The van der Waals surface area contributed by atoms with Gasteiger partial charge in [-0.05, 0) is 43.8 Å². The maximum Gasteiger partial charge on any atom is 0.419 e. The summed E-state index contributed by atoms with van der Waals surface area (Å²) in [5.41, 5.74) is -1.34. The van der Waals surface area contributed by atoms with E-state index in [0.717, 1.165) is 18.2 Å². The van der Waals surface area contributed by atoms with Crippen LogP contribution in [0.1, 0.15) is 12.0 Å². The van der Waals surface area contributed by atoms with Gasteiger partial charge in [0.1, 0.15) is 28.4 Å². The number of halogens is 5.